The van der Waals surface area contributed by atoms with Crippen LogP contribution in [-0.4, -0.2) is 13.0 Å². The Balaban J connectivity index is 3.37. The van der Waals surface area contributed by atoms with Crippen LogP contribution in [0.5, 0.6) is 0 Å². The molecule has 0 bridgehead atoms. The molecule has 0 radical (unpaired) electrons. The lowest BCUT2D eigenvalue weighted by atomic mass is 10.4. The summed E-state index contributed by atoms with van der Waals surface area (Å²) in [4.78, 5) is 0.0818. The molecule has 0 heterocycles. The van der Waals surface area contributed by atoms with Gasteiger partial charge >= 0.3 is 0 Å². The minimum Gasteiger partial charge on any atom is -0.282 e. The molecule has 0 atom stereocenters. The zero-order chi connectivity index (χ0) is 8.48. The highest BCUT2D eigenvalue weighted by molar-refractivity contribution is 7.87. The van der Waals surface area contributed by atoms with E-state index >= 15 is 0 Å². The standard InChI is InChI=1S/C6H6O3S2/c7-11(8,9)6-4-2-1-3-5(6)10/h1-4,10H,(H,7,8,9). The normalized spacial score (nSPS) is 11.5. The summed E-state index contributed by atoms with van der Waals surface area (Å²) in [6.07, 6.45) is 0. The maximum absolute atomic E-state index is 10.6. The van der Waals surface area contributed by atoms with E-state index in [1.807, 2.05) is 0 Å². The van der Waals surface area contributed by atoms with Crippen LogP contribution >= 0.6 is 12.6 Å². The minimum absolute atomic E-state index is 0.164. The maximum atomic E-state index is 10.6. The molecule has 1 aromatic carbocycles. The SMILES string of the molecule is O=S(=O)(O)c1ccccc1S. The van der Waals surface area contributed by atoms with Gasteiger partial charge in [0.2, 0.25) is 0 Å². The van der Waals surface area contributed by atoms with E-state index in [9.17, 15) is 8.42 Å². The van der Waals surface area contributed by atoms with Crippen LogP contribution in [0.4, 0.5) is 0 Å². The summed E-state index contributed by atoms with van der Waals surface area (Å²) < 4.78 is 29.7. The molecule has 0 amide bonds. The molecule has 5 heteroatoms. The van der Waals surface area contributed by atoms with E-state index in [4.69, 9.17) is 4.55 Å². The molecule has 0 saturated heterocycles. The van der Waals surface area contributed by atoms with Crippen LogP contribution in [0.3, 0.4) is 0 Å². The Morgan fingerprint density at radius 2 is 1.82 bits per heavy atom. The number of thiol groups is 1. The van der Waals surface area contributed by atoms with Gasteiger partial charge in [0.05, 0.1) is 0 Å². The smallest absolute Gasteiger partial charge is 0.282 e. The van der Waals surface area contributed by atoms with Gasteiger partial charge in [0.25, 0.3) is 10.1 Å². The van der Waals surface area contributed by atoms with E-state index in [0.29, 0.717) is 0 Å². The summed E-state index contributed by atoms with van der Waals surface area (Å²) in [5, 5.41) is 0. The molecule has 0 aliphatic carbocycles. The summed E-state index contributed by atoms with van der Waals surface area (Å²) in [5.41, 5.74) is 0. The van der Waals surface area contributed by atoms with Crippen molar-refractivity contribution < 1.29 is 13.0 Å². The van der Waals surface area contributed by atoms with E-state index in [1.54, 1.807) is 6.07 Å². The van der Waals surface area contributed by atoms with E-state index < -0.39 is 10.1 Å². The van der Waals surface area contributed by atoms with E-state index in [-0.39, 0.29) is 9.79 Å². The fourth-order valence-corrected chi connectivity index (χ4v) is 1.76. The fraction of sp³-hybridized carbons (Fsp3) is 0. The van der Waals surface area contributed by atoms with Gasteiger partial charge < -0.3 is 0 Å². The van der Waals surface area contributed by atoms with Crippen LogP contribution in [-0.2, 0) is 10.1 Å². The Kier molecular flexibility index (Phi) is 2.22. The second-order valence-electron chi connectivity index (χ2n) is 1.94. The van der Waals surface area contributed by atoms with Crippen LogP contribution in [0.1, 0.15) is 0 Å². The third-order valence-corrected chi connectivity index (χ3v) is 2.60. The summed E-state index contributed by atoms with van der Waals surface area (Å²) in [6.45, 7) is 0. The van der Waals surface area contributed by atoms with E-state index in [0.717, 1.165) is 0 Å². The number of benzene rings is 1. The first-order valence-corrected chi connectivity index (χ1v) is 4.66. The predicted molar refractivity (Wildman–Crippen MR) is 43.5 cm³/mol. The first-order chi connectivity index (χ1) is 5.02. The lowest BCUT2D eigenvalue weighted by Crippen LogP contribution is -1.98. The zero-order valence-electron chi connectivity index (χ0n) is 5.43. The average molecular weight is 190 g/mol. The zero-order valence-corrected chi connectivity index (χ0v) is 7.14. The van der Waals surface area contributed by atoms with Crippen LogP contribution in [0.15, 0.2) is 34.1 Å². The van der Waals surface area contributed by atoms with E-state index in [1.165, 1.54) is 18.2 Å². The topological polar surface area (TPSA) is 54.4 Å². The van der Waals surface area contributed by atoms with Crippen molar-refractivity contribution in [3.63, 3.8) is 0 Å². The molecule has 3 nitrogen and oxygen atoms in total. The Morgan fingerprint density at radius 1 is 1.27 bits per heavy atom. The molecule has 60 valence electrons. The Morgan fingerprint density at radius 3 is 2.18 bits per heavy atom. The highest BCUT2D eigenvalue weighted by atomic mass is 32.2. The van der Waals surface area contributed by atoms with Gasteiger partial charge in [-0.25, -0.2) is 0 Å². The highest BCUT2D eigenvalue weighted by Gasteiger charge is 2.11. The molecule has 0 aromatic heterocycles. The summed E-state index contributed by atoms with van der Waals surface area (Å²) >= 11 is 3.85. The Bertz CT molecular complexity index is 356. The van der Waals surface area contributed by atoms with Crippen molar-refractivity contribution in [1.82, 2.24) is 0 Å². The third-order valence-electron chi connectivity index (χ3n) is 1.14. The van der Waals surface area contributed by atoms with E-state index in [2.05, 4.69) is 12.6 Å². The van der Waals surface area contributed by atoms with Crippen molar-refractivity contribution in [3.05, 3.63) is 24.3 Å². The Labute approximate surface area is 70.2 Å². The second-order valence-corrected chi connectivity index (χ2v) is 3.81. The minimum atomic E-state index is -4.11. The summed E-state index contributed by atoms with van der Waals surface area (Å²) in [5.74, 6) is 0. The molecule has 0 aliphatic rings. The molecule has 0 spiro atoms. The van der Waals surface area contributed by atoms with Gasteiger partial charge in [-0.05, 0) is 12.1 Å². The van der Waals surface area contributed by atoms with Crippen molar-refractivity contribution in [2.24, 2.45) is 0 Å². The van der Waals surface area contributed by atoms with Gasteiger partial charge in [0.15, 0.2) is 0 Å². The van der Waals surface area contributed by atoms with Crippen molar-refractivity contribution in [3.8, 4) is 0 Å². The number of hydrogen-bond donors (Lipinski definition) is 2. The molecule has 1 N–H and O–H groups in total. The van der Waals surface area contributed by atoms with Crippen LogP contribution in [0.2, 0.25) is 0 Å². The van der Waals surface area contributed by atoms with Crippen molar-refractivity contribution >= 4 is 22.7 Å². The van der Waals surface area contributed by atoms with Gasteiger partial charge in [0.1, 0.15) is 4.90 Å². The first kappa shape index (κ1) is 8.58. The fourth-order valence-electron chi connectivity index (χ4n) is 0.675. The average Bonchev–Trinajstić information content (AvgIpc) is 1.86. The number of hydrogen-bond acceptors (Lipinski definition) is 3. The third kappa shape index (κ3) is 1.95. The molecule has 1 aromatic rings. The van der Waals surface area contributed by atoms with Crippen LogP contribution in [0, 0.1) is 0 Å². The summed E-state index contributed by atoms with van der Waals surface area (Å²) in [6, 6.07) is 5.93. The molecule has 0 aliphatic heterocycles. The molecular formula is C6H6O3S2. The quantitative estimate of drug-likeness (QED) is 0.517. The van der Waals surface area contributed by atoms with Gasteiger partial charge in [-0.15, -0.1) is 12.6 Å². The van der Waals surface area contributed by atoms with Crippen molar-refractivity contribution in [2.45, 2.75) is 9.79 Å². The molecule has 0 fully saturated rings. The molecule has 0 saturated carbocycles. The monoisotopic (exact) mass is 190 g/mol. The molecule has 11 heavy (non-hydrogen) atoms. The van der Waals surface area contributed by atoms with Crippen LogP contribution < -0.4 is 0 Å². The molecular weight excluding hydrogens is 184 g/mol. The summed E-state index contributed by atoms with van der Waals surface area (Å²) in [7, 11) is -4.11. The van der Waals surface area contributed by atoms with Crippen molar-refractivity contribution in [2.75, 3.05) is 0 Å². The predicted octanol–water partition coefficient (Wildman–Crippen LogP) is 1.22. The number of rotatable bonds is 1. The largest absolute Gasteiger partial charge is 0.295 e. The van der Waals surface area contributed by atoms with Gasteiger partial charge in [-0.3, -0.25) is 4.55 Å². The van der Waals surface area contributed by atoms with Crippen molar-refractivity contribution in [1.29, 1.82) is 0 Å². The lowest BCUT2D eigenvalue weighted by molar-refractivity contribution is 0.481. The van der Waals surface area contributed by atoms with Gasteiger partial charge in [0, 0.05) is 4.90 Å². The van der Waals surface area contributed by atoms with Gasteiger partial charge in [-0.1, -0.05) is 12.1 Å². The Hall–Kier alpha value is -0.520. The maximum Gasteiger partial charge on any atom is 0.295 e. The van der Waals surface area contributed by atoms with Crippen LogP contribution in [0.25, 0.3) is 0 Å². The molecule has 1 rings (SSSR count). The molecule has 0 unspecified atom stereocenters. The first-order valence-electron chi connectivity index (χ1n) is 2.77. The second kappa shape index (κ2) is 2.84. The van der Waals surface area contributed by atoms with Gasteiger partial charge in [-0.2, -0.15) is 8.42 Å². The lowest BCUT2D eigenvalue weighted by Gasteiger charge is -1.98. The highest BCUT2D eigenvalue weighted by Crippen LogP contribution is 2.17.